The van der Waals surface area contributed by atoms with Crippen LogP contribution in [0, 0.1) is 0 Å². The summed E-state index contributed by atoms with van der Waals surface area (Å²) in [6.07, 6.45) is 3.17. The van der Waals surface area contributed by atoms with Gasteiger partial charge in [-0.15, -0.1) is 10.2 Å². The fraction of sp³-hybridized carbons (Fsp3) is 0.350. The number of aryl methyl sites for hydroxylation is 1. The Kier molecular flexibility index (Phi) is 6.28. The van der Waals surface area contributed by atoms with Gasteiger partial charge in [0.1, 0.15) is 5.82 Å². The Labute approximate surface area is 158 Å². The molecule has 0 bridgehead atoms. The highest BCUT2D eigenvalue weighted by atomic mass is 32.2. The number of fused-ring (bicyclic) bond motifs is 1. The van der Waals surface area contributed by atoms with E-state index in [2.05, 4.69) is 40.0 Å². The highest BCUT2D eigenvalue weighted by molar-refractivity contribution is 7.99. The molecule has 136 valence electrons. The van der Waals surface area contributed by atoms with E-state index in [1.807, 2.05) is 36.4 Å². The lowest BCUT2D eigenvalue weighted by Crippen LogP contribution is -2.14. The molecule has 0 fully saturated rings. The average Bonchev–Trinajstić information content (AvgIpc) is 3.06. The molecular weight excluding hydrogens is 344 g/mol. The van der Waals surface area contributed by atoms with E-state index in [4.69, 9.17) is 0 Å². The Morgan fingerprint density at radius 2 is 1.92 bits per heavy atom. The predicted octanol–water partition coefficient (Wildman–Crippen LogP) is 4.52. The van der Waals surface area contributed by atoms with Gasteiger partial charge in [-0.25, -0.2) is 0 Å². The number of rotatable bonds is 8. The van der Waals surface area contributed by atoms with E-state index in [-0.39, 0.29) is 5.91 Å². The number of nitrogens with zero attached hydrogens (tertiary/aromatic N) is 3. The second-order valence-electron chi connectivity index (χ2n) is 6.15. The summed E-state index contributed by atoms with van der Waals surface area (Å²) in [5.74, 6) is 1.29. The van der Waals surface area contributed by atoms with Gasteiger partial charge in [0.05, 0.1) is 5.75 Å². The Morgan fingerprint density at radius 1 is 1.12 bits per heavy atom. The number of carbonyl (C=O) groups is 1. The van der Waals surface area contributed by atoms with Crippen LogP contribution in [0.25, 0.3) is 10.8 Å². The van der Waals surface area contributed by atoms with Gasteiger partial charge in [-0.1, -0.05) is 55.4 Å². The van der Waals surface area contributed by atoms with E-state index in [0.29, 0.717) is 5.75 Å². The second-order valence-corrected chi connectivity index (χ2v) is 7.09. The molecule has 1 amide bonds. The number of carbonyl (C=O) groups excluding carboxylic acids is 1. The summed E-state index contributed by atoms with van der Waals surface area (Å²) >= 11 is 1.43. The standard InChI is InChI=1S/C20H24N4OS/c1-3-5-10-18-22-23-20(24(18)4-2)26-14-19(25)21-17-12-11-15-8-6-7-9-16(15)13-17/h6-9,11-13H,3-5,10,14H2,1-2H3,(H,21,25). The van der Waals surface area contributed by atoms with Crippen molar-refractivity contribution in [1.82, 2.24) is 14.8 Å². The van der Waals surface area contributed by atoms with Crippen molar-refractivity contribution in [2.24, 2.45) is 0 Å². The predicted molar refractivity (Wildman–Crippen MR) is 108 cm³/mol. The number of benzene rings is 2. The third kappa shape index (κ3) is 4.43. The first-order valence-electron chi connectivity index (χ1n) is 9.04. The lowest BCUT2D eigenvalue weighted by Gasteiger charge is -2.08. The molecular formula is C20H24N4OS. The Morgan fingerprint density at radius 3 is 2.69 bits per heavy atom. The molecule has 0 saturated carbocycles. The van der Waals surface area contributed by atoms with Gasteiger partial charge in [-0.05, 0) is 36.2 Å². The van der Waals surface area contributed by atoms with Gasteiger partial charge in [0.2, 0.25) is 5.91 Å². The van der Waals surface area contributed by atoms with Crippen LogP contribution in [0.3, 0.4) is 0 Å². The third-order valence-corrected chi connectivity index (χ3v) is 5.20. The summed E-state index contributed by atoms with van der Waals surface area (Å²) in [4.78, 5) is 12.3. The van der Waals surface area contributed by atoms with Crippen molar-refractivity contribution < 1.29 is 4.79 Å². The molecule has 1 heterocycles. The molecule has 5 nitrogen and oxygen atoms in total. The second kappa shape index (κ2) is 8.85. The van der Waals surface area contributed by atoms with Crippen molar-refractivity contribution in [3.8, 4) is 0 Å². The Bertz CT molecular complexity index is 890. The van der Waals surface area contributed by atoms with E-state index < -0.39 is 0 Å². The van der Waals surface area contributed by atoms with Crippen molar-refractivity contribution in [2.45, 2.75) is 44.8 Å². The van der Waals surface area contributed by atoms with Crippen molar-refractivity contribution in [3.63, 3.8) is 0 Å². The zero-order chi connectivity index (χ0) is 18.4. The number of aromatic nitrogens is 3. The summed E-state index contributed by atoms with van der Waals surface area (Å²) in [6, 6.07) is 14.1. The van der Waals surface area contributed by atoms with Crippen LogP contribution >= 0.6 is 11.8 Å². The first-order valence-corrected chi connectivity index (χ1v) is 10.0. The van der Waals surface area contributed by atoms with Crippen LogP contribution in [0.15, 0.2) is 47.6 Å². The van der Waals surface area contributed by atoms with E-state index in [1.54, 1.807) is 0 Å². The van der Waals surface area contributed by atoms with Crippen LogP contribution < -0.4 is 5.32 Å². The zero-order valence-corrected chi connectivity index (χ0v) is 16.1. The Balaban J connectivity index is 1.60. The number of unbranched alkanes of at least 4 members (excludes halogenated alkanes) is 1. The van der Waals surface area contributed by atoms with E-state index in [1.165, 1.54) is 11.8 Å². The van der Waals surface area contributed by atoms with Gasteiger partial charge in [-0.3, -0.25) is 4.79 Å². The van der Waals surface area contributed by atoms with Gasteiger partial charge in [0.25, 0.3) is 0 Å². The fourth-order valence-electron chi connectivity index (χ4n) is 2.86. The molecule has 1 N–H and O–H groups in total. The van der Waals surface area contributed by atoms with Crippen LogP contribution in [0.5, 0.6) is 0 Å². The van der Waals surface area contributed by atoms with Crippen LogP contribution in [0.4, 0.5) is 5.69 Å². The van der Waals surface area contributed by atoms with Gasteiger partial charge in [-0.2, -0.15) is 0 Å². The molecule has 0 atom stereocenters. The van der Waals surface area contributed by atoms with Crippen molar-refractivity contribution >= 4 is 34.1 Å². The molecule has 0 aliphatic rings. The molecule has 6 heteroatoms. The summed E-state index contributed by atoms with van der Waals surface area (Å²) < 4.78 is 2.10. The third-order valence-electron chi connectivity index (χ3n) is 4.23. The zero-order valence-electron chi connectivity index (χ0n) is 15.2. The number of anilines is 1. The first kappa shape index (κ1) is 18.5. The largest absolute Gasteiger partial charge is 0.325 e. The number of hydrogen-bond acceptors (Lipinski definition) is 4. The highest BCUT2D eigenvalue weighted by Crippen LogP contribution is 2.21. The fourth-order valence-corrected chi connectivity index (χ4v) is 3.68. The quantitative estimate of drug-likeness (QED) is 0.594. The first-order chi connectivity index (χ1) is 12.7. The summed E-state index contributed by atoms with van der Waals surface area (Å²) in [5, 5.41) is 14.6. The summed E-state index contributed by atoms with van der Waals surface area (Å²) in [7, 11) is 0. The van der Waals surface area contributed by atoms with E-state index in [9.17, 15) is 4.79 Å². The molecule has 3 rings (SSSR count). The number of hydrogen-bond donors (Lipinski definition) is 1. The maximum Gasteiger partial charge on any atom is 0.234 e. The van der Waals surface area contributed by atoms with Gasteiger partial charge < -0.3 is 9.88 Å². The molecule has 26 heavy (non-hydrogen) atoms. The number of thioether (sulfide) groups is 1. The number of amides is 1. The van der Waals surface area contributed by atoms with Crippen LogP contribution in [0.1, 0.15) is 32.5 Å². The highest BCUT2D eigenvalue weighted by Gasteiger charge is 2.13. The topological polar surface area (TPSA) is 59.8 Å². The SMILES string of the molecule is CCCCc1nnc(SCC(=O)Nc2ccc3ccccc3c2)n1CC. The average molecular weight is 369 g/mol. The molecule has 0 aliphatic heterocycles. The van der Waals surface area contributed by atoms with E-state index >= 15 is 0 Å². The van der Waals surface area contributed by atoms with Crippen LogP contribution in [0.2, 0.25) is 0 Å². The lowest BCUT2D eigenvalue weighted by atomic mass is 10.1. The minimum Gasteiger partial charge on any atom is -0.325 e. The van der Waals surface area contributed by atoms with Gasteiger partial charge in [0.15, 0.2) is 5.16 Å². The van der Waals surface area contributed by atoms with Gasteiger partial charge >= 0.3 is 0 Å². The molecule has 0 aliphatic carbocycles. The van der Waals surface area contributed by atoms with Crippen molar-refractivity contribution in [3.05, 3.63) is 48.3 Å². The summed E-state index contributed by atoms with van der Waals surface area (Å²) in [5.41, 5.74) is 0.815. The smallest absolute Gasteiger partial charge is 0.234 e. The molecule has 3 aromatic rings. The normalized spacial score (nSPS) is 11.0. The minimum atomic E-state index is -0.0361. The monoisotopic (exact) mass is 368 g/mol. The van der Waals surface area contributed by atoms with Gasteiger partial charge in [0, 0.05) is 18.7 Å². The maximum atomic E-state index is 12.3. The van der Waals surface area contributed by atoms with E-state index in [0.717, 1.165) is 53.2 Å². The van der Waals surface area contributed by atoms with Crippen molar-refractivity contribution in [2.75, 3.05) is 11.1 Å². The summed E-state index contributed by atoms with van der Waals surface area (Å²) in [6.45, 7) is 5.07. The molecule has 0 radical (unpaired) electrons. The molecule has 0 saturated heterocycles. The van der Waals surface area contributed by atoms with Crippen molar-refractivity contribution in [1.29, 1.82) is 0 Å². The molecule has 2 aromatic carbocycles. The van der Waals surface area contributed by atoms with Crippen LogP contribution in [-0.4, -0.2) is 26.4 Å². The lowest BCUT2D eigenvalue weighted by molar-refractivity contribution is -0.113. The Hall–Kier alpha value is -2.34. The minimum absolute atomic E-state index is 0.0361. The molecule has 1 aromatic heterocycles. The molecule has 0 unspecified atom stereocenters. The van der Waals surface area contributed by atoms with Crippen LogP contribution in [-0.2, 0) is 17.8 Å². The number of nitrogens with one attached hydrogen (secondary N) is 1. The maximum absolute atomic E-state index is 12.3. The molecule has 0 spiro atoms.